The summed E-state index contributed by atoms with van der Waals surface area (Å²) in [6.07, 6.45) is 0.310. The monoisotopic (exact) mass is 283 g/mol. The predicted molar refractivity (Wildman–Crippen MR) is 72.3 cm³/mol. The van der Waals surface area contributed by atoms with Crippen LogP contribution in [0.4, 0.5) is 5.69 Å². The van der Waals surface area contributed by atoms with Crippen molar-refractivity contribution in [2.45, 2.75) is 30.7 Å². The predicted octanol–water partition coefficient (Wildman–Crippen LogP) is 1.45. The van der Waals surface area contributed by atoms with Crippen LogP contribution < -0.4 is 4.90 Å². The molecule has 0 spiro atoms. The second kappa shape index (κ2) is 4.85. The average Bonchev–Trinajstić information content (AvgIpc) is 2.31. The van der Waals surface area contributed by atoms with Crippen molar-refractivity contribution in [3.05, 3.63) is 23.8 Å². The van der Waals surface area contributed by atoms with E-state index in [-0.39, 0.29) is 18.2 Å². The van der Waals surface area contributed by atoms with Gasteiger partial charge >= 0.3 is 5.97 Å². The van der Waals surface area contributed by atoms with E-state index < -0.39 is 15.8 Å². The first-order chi connectivity index (χ1) is 8.81. The molecule has 104 valence electrons. The molecule has 0 radical (unpaired) electrons. The molecule has 0 amide bonds. The van der Waals surface area contributed by atoms with Gasteiger partial charge in [0.1, 0.15) is 0 Å². The number of sulfone groups is 1. The summed E-state index contributed by atoms with van der Waals surface area (Å²) in [5.74, 6) is -0.923. The molecule has 0 aliphatic carbocycles. The minimum Gasteiger partial charge on any atom is -0.481 e. The zero-order chi connectivity index (χ0) is 14.2. The van der Waals surface area contributed by atoms with Crippen molar-refractivity contribution in [2.24, 2.45) is 0 Å². The number of hydrogen-bond acceptors (Lipinski definition) is 4. The Morgan fingerprint density at radius 3 is 2.79 bits per heavy atom. The van der Waals surface area contributed by atoms with E-state index in [0.717, 1.165) is 5.56 Å². The highest BCUT2D eigenvalue weighted by molar-refractivity contribution is 7.91. The molecule has 1 aliphatic rings. The van der Waals surface area contributed by atoms with E-state index in [9.17, 15) is 13.2 Å². The number of rotatable bonds is 3. The molecule has 5 nitrogen and oxygen atoms in total. The minimum absolute atomic E-state index is 0.0210. The molecular weight excluding hydrogens is 266 g/mol. The molecule has 0 aromatic heterocycles. The maximum Gasteiger partial charge on any atom is 0.303 e. The summed E-state index contributed by atoms with van der Waals surface area (Å²) in [7, 11) is -1.50. The molecule has 0 bridgehead atoms. The van der Waals surface area contributed by atoms with Crippen molar-refractivity contribution in [3.63, 3.8) is 0 Å². The van der Waals surface area contributed by atoms with E-state index in [1.54, 1.807) is 12.1 Å². The Morgan fingerprint density at radius 1 is 1.47 bits per heavy atom. The molecule has 1 heterocycles. The molecule has 1 aliphatic heterocycles. The maximum absolute atomic E-state index is 12.2. The van der Waals surface area contributed by atoms with Crippen LogP contribution in [0.5, 0.6) is 0 Å². The van der Waals surface area contributed by atoms with Crippen LogP contribution in [0.1, 0.15) is 18.4 Å². The fourth-order valence-electron chi connectivity index (χ4n) is 2.38. The van der Waals surface area contributed by atoms with Crippen LogP contribution in [-0.2, 0) is 14.6 Å². The molecule has 1 aromatic rings. The summed E-state index contributed by atoms with van der Waals surface area (Å²) in [6.45, 7) is 1.90. The van der Waals surface area contributed by atoms with E-state index in [1.165, 1.54) is 0 Å². The van der Waals surface area contributed by atoms with E-state index in [4.69, 9.17) is 5.11 Å². The third-order valence-electron chi connectivity index (χ3n) is 3.48. The van der Waals surface area contributed by atoms with Crippen LogP contribution in [0, 0.1) is 6.92 Å². The second-order valence-electron chi connectivity index (χ2n) is 4.95. The van der Waals surface area contributed by atoms with Crippen LogP contribution in [0.3, 0.4) is 0 Å². The van der Waals surface area contributed by atoms with E-state index in [0.29, 0.717) is 17.0 Å². The van der Waals surface area contributed by atoms with E-state index in [1.807, 2.05) is 24.9 Å². The van der Waals surface area contributed by atoms with Gasteiger partial charge in [-0.05, 0) is 31.0 Å². The fraction of sp³-hybridized carbons (Fsp3) is 0.462. The number of carboxylic acid groups (broad SMARTS) is 1. The van der Waals surface area contributed by atoms with Crippen molar-refractivity contribution in [2.75, 3.05) is 17.7 Å². The van der Waals surface area contributed by atoms with Crippen molar-refractivity contribution >= 4 is 21.5 Å². The number of anilines is 1. The van der Waals surface area contributed by atoms with Crippen molar-refractivity contribution in [1.29, 1.82) is 0 Å². The lowest BCUT2D eigenvalue weighted by Crippen LogP contribution is -2.42. The molecule has 0 saturated carbocycles. The molecule has 1 N–H and O–H groups in total. The molecular formula is C13H17NO4S. The van der Waals surface area contributed by atoms with Gasteiger partial charge in [0.05, 0.1) is 16.3 Å². The van der Waals surface area contributed by atoms with Crippen molar-refractivity contribution in [1.82, 2.24) is 0 Å². The first-order valence-electron chi connectivity index (χ1n) is 6.09. The van der Waals surface area contributed by atoms with Gasteiger partial charge in [-0.25, -0.2) is 8.42 Å². The summed E-state index contributed by atoms with van der Waals surface area (Å²) in [5, 5.41) is 8.73. The fourth-order valence-corrected chi connectivity index (χ4v) is 4.26. The third-order valence-corrected chi connectivity index (χ3v) is 5.32. The van der Waals surface area contributed by atoms with Crippen molar-refractivity contribution in [3.8, 4) is 0 Å². The lowest BCUT2D eigenvalue weighted by atomic mass is 10.1. The van der Waals surface area contributed by atoms with Crippen LogP contribution in [0.15, 0.2) is 23.1 Å². The smallest absolute Gasteiger partial charge is 0.303 e. The third kappa shape index (κ3) is 2.73. The average molecular weight is 283 g/mol. The van der Waals surface area contributed by atoms with Gasteiger partial charge in [-0.2, -0.15) is 0 Å². The molecule has 1 unspecified atom stereocenters. The first-order valence-corrected chi connectivity index (χ1v) is 7.74. The Balaban J connectivity index is 2.38. The minimum atomic E-state index is -3.32. The number of nitrogens with zero attached hydrogens (tertiary/aromatic N) is 1. The number of aliphatic carboxylic acids is 1. The zero-order valence-corrected chi connectivity index (χ0v) is 11.8. The summed E-state index contributed by atoms with van der Waals surface area (Å²) in [5.41, 5.74) is 1.65. The first kappa shape index (κ1) is 13.9. The van der Waals surface area contributed by atoms with Crippen molar-refractivity contribution < 1.29 is 18.3 Å². The van der Waals surface area contributed by atoms with Gasteiger partial charge in [-0.1, -0.05) is 6.07 Å². The molecule has 2 rings (SSSR count). The van der Waals surface area contributed by atoms with Gasteiger partial charge in [0.25, 0.3) is 0 Å². The normalized spacial score (nSPS) is 20.9. The topological polar surface area (TPSA) is 74.7 Å². The summed E-state index contributed by atoms with van der Waals surface area (Å²) in [4.78, 5) is 12.9. The Hall–Kier alpha value is -1.56. The number of aryl methyl sites for hydroxylation is 1. The number of carboxylic acids is 1. The number of hydrogen-bond donors (Lipinski definition) is 1. The maximum atomic E-state index is 12.2. The summed E-state index contributed by atoms with van der Waals surface area (Å²) >= 11 is 0. The highest BCUT2D eigenvalue weighted by atomic mass is 32.2. The Kier molecular flexibility index (Phi) is 3.54. The summed E-state index contributed by atoms with van der Waals surface area (Å²) < 4.78 is 24.4. The molecule has 19 heavy (non-hydrogen) atoms. The Bertz CT molecular complexity index is 609. The van der Waals surface area contributed by atoms with E-state index in [2.05, 4.69) is 0 Å². The SMILES string of the molecule is Cc1ccc2c(c1)N(C)C(CCC(=O)O)CS2(=O)=O. The molecule has 1 aromatic carbocycles. The zero-order valence-electron chi connectivity index (χ0n) is 11.0. The highest BCUT2D eigenvalue weighted by Gasteiger charge is 2.33. The Morgan fingerprint density at radius 2 is 2.16 bits per heavy atom. The van der Waals surface area contributed by atoms with Crippen LogP contribution in [0.25, 0.3) is 0 Å². The molecule has 6 heteroatoms. The highest BCUT2D eigenvalue weighted by Crippen LogP contribution is 2.34. The largest absolute Gasteiger partial charge is 0.481 e. The lowest BCUT2D eigenvalue weighted by Gasteiger charge is -2.35. The van der Waals surface area contributed by atoms with Gasteiger partial charge in [-0.15, -0.1) is 0 Å². The lowest BCUT2D eigenvalue weighted by molar-refractivity contribution is -0.137. The quantitative estimate of drug-likeness (QED) is 0.908. The van der Waals surface area contributed by atoms with Gasteiger partial charge < -0.3 is 10.0 Å². The van der Waals surface area contributed by atoms with Gasteiger partial charge in [-0.3, -0.25) is 4.79 Å². The second-order valence-corrected chi connectivity index (χ2v) is 6.95. The van der Waals surface area contributed by atoms with E-state index >= 15 is 0 Å². The molecule has 0 saturated heterocycles. The number of carbonyl (C=O) groups is 1. The van der Waals surface area contributed by atoms with Crippen LogP contribution in [-0.4, -0.2) is 38.3 Å². The van der Waals surface area contributed by atoms with Gasteiger partial charge in [0, 0.05) is 19.5 Å². The molecule has 1 atom stereocenters. The standard InChI is InChI=1S/C13H17NO4S/c1-9-3-5-12-11(7-9)14(2)10(4-6-13(15)16)8-19(12,17)18/h3,5,7,10H,4,6,8H2,1-2H3,(H,15,16). The van der Waals surface area contributed by atoms with Crippen LogP contribution in [0.2, 0.25) is 0 Å². The number of fused-ring (bicyclic) bond motifs is 1. The molecule has 0 fully saturated rings. The van der Waals surface area contributed by atoms with Gasteiger partial charge in [0.2, 0.25) is 0 Å². The summed E-state index contributed by atoms with van der Waals surface area (Å²) in [6, 6.07) is 4.96. The van der Waals surface area contributed by atoms with Gasteiger partial charge in [0.15, 0.2) is 9.84 Å². The Labute approximate surface area is 112 Å². The number of benzene rings is 1. The van der Waals surface area contributed by atoms with Crippen LogP contribution >= 0.6 is 0 Å².